The largest absolute Gasteiger partial charge is 0.345 e. The van der Waals surface area contributed by atoms with Crippen LogP contribution in [-0.4, -0.2) is 5.91 Å². The molecule has 1 fully saturated rings. The lowest BCUT2D eigenvalue weighted by Crippen LogP contribution is -2.30. The molecule has 3 heteroatoms. The smallest absolute Gasteiger partial charge is 0.252 e. The van der Waals surface area contributed by atoms with Crippen LogP contribution in [0.1, 0.15) is 40.4 Å². The zero-order valence-electron chi connectivity index (χ0n) is 12.0. The van der Waals surface area contributed by atoms with Gasteiger partial charge in [0.25, 0.3) is 5.91 Å². The molecule has 108 valence electrons. The second-order valence-electron chi connectivity index (χ2n) is 5.68. The third kappa shape index (κ3) is 3.35. The van der Waals surface area contributed by atoms with Crippen molar-refractivity contribution in [1.82, 2.24) is 5.32 Å². The summed E-state index contributed by atoms with van der Waals surface area (Å²) < 4.78 is 0.834. The van der Waals surface area contributed by atoms with Gasteiger partial charge >= 0.3 is 0 Å². The zero-order chi connectivity index (χ0) is 14.8. The first kappa shape index (κ1) is 14.3. The molecule has 1 aliphatic carbocycles. The van der Waals surface area contributed by atoms with Crippen molar-refractivity contribution in [1.29, 1.82) is 0 Å². The summed E-state index contributed by atoms with van der Waals surface area (Å²) in [7, 11) is 0. The molecule has 0 saturated heterocycles. The van der Waals surface area contributed by atoms with Crippen molar-refractivity contribution in [2.75, 3.05) is 0 Å². The highest BCUT2D eigenvalue weighted by Crippen LogP contribution is 2.41. The molecule has 1 saturated carbocycles. The quantitative estimate of drug-likeness (QED) is 0.860. The minimum absolute atomic E-state index is 0.0139. The number of hydrogen-bond acceptors (Lipinski definition) is 1. The lowest BCUT2D eigenvalue weighted by molar-refractivity contribution is 0.0931. The fourth-order valence-corrected chi connectivity index (χ4v) is 3.01. The van der Waals surface area contributed by atoms with Crippen molar-refractivity contribution in [3.05, 3.63) is 69.7 Å². The van der Waals surface area contributed by atoms with Crippen LogP contribution in [0.4, 0.5) is 0 Å². The molecule has 1 amide bonds. The summed E-state index contributed by atoms with van der Waals surface area (Å²) in [6, 6.07) is 16.1. The van der Waals surface area contributed by atoms with Gasteiger partial charge in [-0.2, -0.15) is 0 Å². The molecule has 0 unspecified atom stereocenters. The minimum atomic E-state index is -0.0139. The summed E-state index contributed by atoms with van der Waals surface area (Å²) >= 11 is 3.44. The Hall–Kier alpha value is -1.61. The summed E-state index contributed by atoms with van der Waals surface area (Å²) in [4.78, 5) is 12.5. The van der Waals surface area contributed by atoms with E-state index in [1.165, 1.54) is 24.0 Å². The van der Waals surface area contributed by atoms with Crippen molar-refractivity contribution in [3.8, 4) is 0 Å². The van der Waals surface area contributed by atoms with Gasteiger partial charge < -0.3 is 5.32 Å². The summed E-state index contributed by atoms with van der Waals surface area (Å²) in [6.07, 6.45) is 2.38. The molecule has 1 atom stereocenters. The molecule has 0 bridgehead atoms. The second kappa shape index (κ2) is 6.02. The van der Waals surface area contributed by atoms with Crippen LogP contribution < -0.4 is 5.32 Å². The number of aryl methyl sites for hydroxylation is 1. The highest BCUT2D eigenvalue weighted by molar-refractivity contribution is 9.10. The first-order valence-electron chi connectivity index (χ1n) is 7.27. The first-order chi connectivity index (χ1) is 10.1. The Kier molecular flexibility index (Phi) is 4.11. The fraction of sp³-hybridized carbons (Fsp3) is 0.278. The Bertz CT molecular complexity index is 647. The van der Waals surface area contributed by atoms with E-state index in [4.69, 9.17) is 0 Å². The van der Waals surface area contributed by atoms with E-state index in [1.807, 2.05) is 24.3 Å². The van der Waals surface area contributed by atoms with Gasteiger partial charge in [0.15, 0.2) is 0 Å². The van der Waals surface area contributed by atoms with Crippen LogP contribution in [0.5, 0.6) is 0 Å². The molecular formula is C18H18BrNO. The molecule has 2 nitrogen and oxygen atoms in total. The molecular weight excluding hydrogens is 326 g/mol. The molecule has 1 N–H and O–H groups in total. The van der Waals surface area contributed by atoms with Gasteiger partial charge in [0.05, 0.1) is 11.6 Å². The maximum Gasteiger partial charge on any atom is 0.252 e. The number of halogens is 1. The number of amides is 1. The average molecular weight is 344 g/mol. The van der Waals surface area contributed by atoms with E-state index < -0.39 is 0 Å². The minimum Gasteiger partial charge on any atom is -0.345 e. The van der Waals surface area contributed by atoms with Gasteiger partial charge in [-0.05, 0) is 59.3 Å². The fourth-order valence-electron chi connectivity index (χ4n) is 2.54. The molecule has 0 aliphatic heterocycles. The molecule has 2 aromatic carbocycles. The summed E-state index contributed by atoms with van der Waals surface area (Å²) in [5.41, 5.74) is 3.13. The normalized spacial score (nSPS) is 15.5. The Morgan fingerprint density at radius 2 is 1.81 bits per heavy atom. The number of rotatable bonds is 4. The van der Waals surface area contributed by atoms with E-state index in [0.717, 1.165) is 4.47 Å². The Morgan fingerprint density at radius 3 is 2.43 bits per heavy atom. The monoisotopic (exact) mass is 343 g/mol. The number of carbonyl (C=O) groups excluding carboxylic acids is 1. The van der Waals surface area contributed by atoms with Gasteiger partial charge in [-0.1, -0.05) is 42.0 Å². The van der Waals surface area contributed by atoms with Gasteiger partial charge in [-0.25, -0.2) is 0 Å². The number of hydrogen-bond donors (Lipinski definition) is 1. The topological polar surface area (TPSA) is 29.1 Å². The van der Waals surface area contributed by atoms with Crippen molar-refractivity contribution >= 4 is 21.8 Å². The number of benzene rings is 2. The average Bonchev–Trinajstić information content (AvgIpc) is 3.31. The maximum atomic E-state index is 12.5. The van der Waals surface area contributed by atoms with Gasteiger partial charge in [-0.15, -0.1) is 0 Å². The third-order valence-corrected chi connectivity index (χ3v) is 4.63. The van der Waals surface area contributed by atoms with Crippen LogP contribution in [-0.2, 0) is 0 Å². The van der Waals surface area contributed by atoms with Crippen LogP contribution in [0.25, 0.3) is 0 Å². The highest BCUT2D eigenvalue weighted by atomic mass is 79.9. The second-order valence-corrected chi connectivity index (χ2v) is 6.53. The van der Waals surface area contributed by atoms with Crippen molar-refractivity contribution in [2.24, 2.45) is 5.92 Å². The van der Waals surface area contributed by atoms with Gasteiger partial charge in [-0.3, -0.25) is 4.79 Å². The van der Waals surface area contributed by atoms with Crippen molar-refractivity contribution in [3.63, 3.8) is 0 Å². The SMILES string of the molecule is Cc1ccc([C@H](NC(=O)c2ccccc2Br)C2CC2)cc1. The lowest BCUT2D eigenvalue weighted by Gasteiger charge is -2.19. The van der Waals surface area contributed by atoms with E-state index >= 15 is 0 Å². The lowest BCUT2D eigenvalue weighted by atomic mass is 10.0. The third-order valence-electron chi connectivity index (χ3n) is 3.93. The molecule has 0 radical (unpaired) electrons. The Balaban J connectivity index is 1.81. The predicted octanol–water partition coefficient (Wildman–Crippen LogP) is 4.64. The van der Waals surface area contributed by atoms with Crippen LogP contribution in [0.3, 0.4) is 0 Å². The molecule has 0 aromatic heterocycles. The summed E-state index contributed by atoms with van der Waals surface area (Å²) in [5.74, 6) is 0.555. The molecule has 0 spiro atoms. The van der Waals surface area contributed by atoms with Crippen molar-refractivity contribution in [2.45, 2.75) is 25.8 Å². The van der Waals surface area contributed by atoms with Gasteiger partial charge in [0.1, 0.15) is 0 Å². The standard InChI is InChI=1S/C18H18BrNO/c1-12-6-8-13(9-7-12)17(14-10-11-14)20-18(21)15-4-2-3-5-16(15)19/h2-9,14,17H,10-11H2,1H3,(H,20,21)/t17-/m0/s1. The first-order valence-corrected chi connectivity index (χ1v) is 8.06. The van der Waals surface area contributed by atoms with Crippen molar-refractivity contribution < 1.29 is 4.79 Å². The molecule has 3 rings (SSSR count). The zero-order valence-corrected chi connectivity index (χ0v) is 13.6. The van der Waals surface area contributed by atoms with E-state index in [2.05, 4.69) is 52.4 Å². The van der Waals surface area contributed by atoms with Crippen LogP contribution in [0.2, 0.25) is 0 Å². The number of carbonyl (C=O) groups is 1. The highest BCUT2D eigenvalue weighted by Gasteiger charge is 2.33. The summed E-state index contributed by atoms with van der Waals surface area (Å²) in [6.45, 7) is 2.08. The van der Waals surface area contributed by atoms with E-state index in [1.54, 1.807) is 0 Å². The predicted molar refractivity (Wildman–Crippen MR) is 88.3 cm³/mol. The molecule has 0 heterocycles. The Labute approximate surface area is 133 Å². The van der Waals surface area contributed by atoms with Crippen LogP contribution in [0.15, 0.2) is 53.0 Å². The van der Waals surface area contributed by atoms with E-state index in [-0.39, 0.29) is 11.9 Å². The van der Waals surface area contributed by atoms with E-state index in [0.29, 0.717) is 11.5 Å². The van der Waals surface area contributed by atoms with Crippen LogP contribution in [0, 0.1) is 12.8 Å². The number of nitrogens with one attached hydrogen (secondary N) is 1. The molecule has 2 aromatic rings. The van der Waals surface area contributed by atoms with Gasteiger partial charge in [0.2, 0.25) is 0 Å². The maximum absolute atomic E-state index is 12.5. The van der Waals surface area contributed by atoms with Gasteiger partial charge in [0, 0.05) is 4.47 Å². The van der Waals surface area contributed by atoms with Crippen LogP contribution >= 0.6 is 15.9 Å². The molecule has 21 heavy (non-hydrogen) atoms. The Morgan fingerprint density at radius 1 is 1.14 bits per heavy atom. The molecule has 1 aliphatic rings. The van der Waals surface area contributed by atoms with E-state index in [9.17, 15) is 4.79 Å². The summed E-state index contributed by atoms with van der Waals surface area (Å²) in [5, 5.41) is 3.20.